The second-order valence-corrected chi connectivity index (χ2v) is 8.30. The summed E-state index contributed by atoms with van der Waals surface area (Å²) < 4.78 is 25.3. The quantitative estimate of drug-likeness (QED) is 0.377. The van der Waals surface area contributed by atoms with E-state index in [9.17, 15) is 4.39 Å². The van der Waals surface area contributed by atoms with Gasteiger partial charge in [0.2, 0.25) is 11.9 Å². The fraction of sp³-hybridized carbons (Fsp3) is 0.400. The summed E-state index contributed by atoms with van der Waals surface area (Å²) in [6.45, 7) is 5.22. The molecule has 0 amide bonds. The van der Waals surface area contributed by atoms with Gasteiger partial charge in [0.15, 0.2) is 11.6 Å². The summed E-state index contributed by atoms with van der Waals surface area (Å²) in [5, 5.41) is 6.37. The van der Waals surface area contributed by atoms with E-state index in [0.717, 1.165) is 25.1 Å². The van der Waals surface area contributed by atoms with Crippen molar-refractivity contribution < 1.29 is 13.9 Å². The number of hydrogen-bond acceptors (Lipinski definition) is 9. The van der Waals surface area contributed by atoms with E-state index in [1.54, 1.807) is 6.07 Å². The minimum Gasteiger partial charge on any atom is -0.494 e. The van der Waals surface area contributed by atoms with Gasteiger partial charge in [0.05, 0.1) is 7.11 Å². The van der Waals surface area contributed by atoms with Crippen molar-refractivity contribution in [3.05, 3.63) is 59.9 Å². The summed E-state index contributed by atoms with van der Waals surface area (Å²) in [6, 6.07) is 14.7. The second-order valence-electron chi connectivity index (χ2n) is 8.30. The van der Waals surface area contributed by atoms with Crippen LogP contribution in [0.3, 0.4) is 0 Å². The summed E-state index contributed by atoms with van der Waals surface area (Å²) in [6.07, 6.45) is 1.87. The normalized spacial score (nSPS) is 16.6. The zero-order valence-electron chi connectivity index (χ0n) is 20.1. The first-order valence-electron chi connectivity index (χ1n) is 11.9. The molecule has 0 saturated carbocycles. The lowest BCUT2D eigenvalue weighted by Gasteiger charge is -2.23. The number of rotatable bonds is 11. The maximum Gasteiger partial charge on any atom is 0.323 e. The first-order chi connectivity index (χ1) is 17.1. The van der Waals surface area contributed by atoms with Crippen LogP contribution in [0.5, 0.6) is 11.8 Å². The number of nitrogens with zero attached hydrogens (tertiary/aromatic N) is 4. The number of benzene rings is 2. The fourth-order valence-electron chi connectivity index (χ4n) is 4.22. The maximum atomic E-state index is 14.2. The van der Waals surface area contributed by atoms with Gasteiger partial charge < -0.3 is 25.8 Å². The Bertz CT molecular complexity index is 1100. The molecule has 2 aromatic carbocycles. The number of halogens is 1. The largest absolute Gasteiger partial charge is 0.494 e. The van der Waals surface area contributed by atoms with Crippen molar-refractivity contribution in [2.24, 2.45) is 5.73 Å². The molecule has 1 saturated heterocycles. The molecule has 1 aliphatic rings. The molecule has 1 aromatic heterocycles. The van der Waals surface area contributed by atoms with Gasteiger partial charge in [0, 0.05) is 30.9 Å². The number of hydrogen-bond donors (Lipinski definition) is 3. The van der Waals surface area contributed by atoms with Gasteiger partial charge in [-0.2, -0.15) is 15.0 Å². The summed E-state index contributed by atoms with van der Waals surface area (Å²) in [7, 11) is 1.42. The zero-order chi connectivity index (χ0) is 24.6. The molecule has 2 heterocycles. The van der Waals surface area contributed by atoms with Crippen LogP contribution < -0.4 is 25.8 Å². The highest BCUT2D eigenvalue weighted by atomic mass is 19.1. The molecule has 35 heavy (non-hydrogen) atoms. The van der Waals surface area contributed by atoms with Crippen LogP contribution in [0, 0.1) is 5.82 Å². The van der Waals surface area contributed by atoms with Crippen LogP contribution in [0.15, 0.2) is 48.5 Å². The first-order valence-corrected chi connectivity index (χ1v) is 11.9. The number of anilines is 3. The minimum atomic E-state index is -0.491. The number of nitrogens with one attached hydrogen (secondary N) is 2. The van der Waals surface area contributed by atoms with Gasteiger partial charge in [-0.15, -0.1) is 0 Å². The van der Waals surface area contributed by atoms with Crippen LogP contribution in [0.2, 0.25) is 0 Å². The monoisotopic (exact) mass is 481 g/mol. The molecule has 0 aliphatic carbocycles. The van der Waals surface area contributed by atoms with Crippen LogP contribution in [0.4, 0.5) is 22.0 Å². The van der Waals surface area contributed by atoms with Gasteiger partial charge in [0.25, 0.3) is 0 Å². The Morgan fingerprint density at radius 1 is 1.14 bits per heavy atom. The molecule has 0 spiro atoms. The number of methoxy groups -OCH3 is 1. The number of aromatic nitrogens is 3. The van der Waals surface area contributed by atoms with Crippen LogP contribution in [0.1, 0.15) is 31.4 Å². The summed E-state index contributed by atoms with van der Waals surface area (Å²) >= 11 is 0. The van der Waals surface area contributed by atoms with Crippen LogP contribution >= 0.6 is 0 Å². The molecule has 4 rings (SSSR count). The van der Waals surface area contributed by atoms with Crippen LogP contribution in [-0.4, -0.2) is 59.2 Å². The van der Waals surface area contributed by atoms with E-state index in [4.69, 9.17) is 15.2 Å². The van der Waals surface area contributed by atoms with Gasteiger partial charge in [-0.25, -0.2) is 4.39 Å². The summed E-state index contributed by atoms with van der Waals surface area (Å²) in [4.78, 5) is 15.8. The molecule has 4 N–H and O–H groups in total. The molecule has 10 heteroatoms. The lowest BCUT2D eigenvalue weighted by atomic mass is 10.1. The molecule has 1 fully saturated rings. The Labute approximate surface area is 204 Å². The number of likely N-dealkylation sites (N-methyl/N-ethyl adjacent to an activating group) is 1. The Kier molecular flexibility index (Phi) is 8.27. The van der Waals surface area contributed by atoms with Crippen molar-refractivity contribution in [1.82, 2.24) is 19.9 Å². The average Bonchev–Trinajstić information content (AvgIpc) is 3.34. The lowest BCUT2D eigenvalue weighted by molar-refractivity contribution is 0.196. The fourth-order valence-corrected chi connectivity index (χ4v) is 4.22. The minimum absolute atomic E-state index is 0.122. The highest BCUT2D eigenvalue weighted by Gasteiger charge is 2.23. The third kappa shape index (κ3) is 6.34. The van der Waals surface area contributed by atoms with Gasteiger partial charge in [0.1, 0.15) is 6.10 Å². The topological polar surface area (TPSA) is 110 Å². The Morgan fingerprint density at radius 2 is 1.94 bits per heavy atom. The van der Waals surface area contributed by atoms with Gasteiger partial charge >= 0.3 is 6.01 Å². The predicted octanol–water partition coefficient (Wildman–Crippen LogP) is 3.74. The van der Waals surface area contributed by atoms with Crippen LogP contribution in [0.25, 0.3) is 0 Å². The molecule has 0 bridgehead atoms. The smallest absolute Gasteiger partial charge is 0.323 e. The van der Waals surface area contributed by atoms with E-state index >= 15 is 0 Å². The molecular formula is C25H32FN7O2. The molecule has 186 valence electrons. The Balaban J connectivity index is 1.57. The first kappa shape index (κ1) is 24.6. The van der Waals surface area contributed by atoms with Crippen molar-refractivity contribution in [1.29, 1.82) is 0 Å². The number of ether oxygens (including phenoxy) is 2. The number of nitrogens with two attached hydrogens (primary N) is 1. The molecule has 1 aliphatic heterocycles. The van der Waals surface area contributed by atoms with Gasteiger partial charge in [-0.3, -0.25) is 4.90 Å². The van der Waals surface area contributed by atoms with E-state index in [2.05, 4.69) is 37.4 Å². The van der Waals surface area contributed by atoms with Gasteiger partial charge in [-0.05, 0) is 43.6 Å². The van der Waals surface area contributed by atoms with E-state index in [1.165, 1.54) is 25.7 Å². The van der Waals surface area contributed by atoms with E-state index in [0.29, 0.717) is 24.2 Å². The van der Waals surface area contributed by atoms with Gasteiger partial charge in [-0.1, -0.05) is 37.3 Å². The maximum absolute atomic E-state index is 14.2. The average molecular weight is 482 g/mol. The summed E-state index contributed by atoms with van der Waals surface area (Å²) in [5.74, 6) is 0.265. The van der Waals surface area contributed by atoms with Crippen LogP contribution in [-0.2, 0) is 0 Å². The Hall–Kier alpha value is -3.50. The van der Waals surface area contributed by atoms with Crippen molar-refractivity contribution in [3.63, 3.8) is 0 Å². The standard InChI is InChI=1S/C25H32FN7O2/c1-3-33-13-7-10-19(33)16-28-23-30-24(29-18-11-12-21(34-2)20(26)14-18)32-25(31-23)35-22(15-27)17-8-5-4-6-9-17/h4-6,8-9,11-12,14,19,22H,3,7,10,13,15-16,27H2,1-2H3,(H2,28,29,30,31,32). The van der Waals surface area contributed by atoms with Crippen molar-refractivity contribution in [2.75, 3.05) is 43.9 Å². The van der Waals surface area contributed by atoms with Crippen molar-refractivity contribution in [3.8, 4) is 11.8 Å². The molecule has 2 atom stereocenters. The highest BCUT2D eigenvalue weighted by molar-refractivity contribution is 5.56. The van der Waals surface area contributed by atoms with E-state index < -0.39 is 11.9 Å². The third-order valence-corrected chi connectivity index (χ3v) is 6.06. The Morgan fingerprint density at radius 3 is 2.66 bits per heavy atom. The zero-order valence-corrected chi connectivity index (χ0v) is 20.1. The van der Waals surface area contributed by atoms with Crippen molar-refractivity contribution >= 4 is 17.6 Å². The van der Waals surface area contributed by atoms with E-state index in [1.807, 2.05) is 30.3 Å². The molecule has 3 aromatic rings. The molecular weight excluding hydrogens is 449 g/mol. The number of likely N-dealkylation sites (tertiary alicyclic amines) is 1. The molecule has 0 radical (unpaired) electrons. The highest BCUT2D eigenvalue weighted by Crippen LogP contribution is 2.25. The lowest BCUT2D eigenvalue weighted by Crippen LogP contribution is -2.35. The second kappa shape index (κ2) is 11.8. The third-order valence-electron chi connectivity index (χ3n) is 6.06. The van der Waals surface area contributed by atoms with E-state index in [-0.39, 0.29) is 24.3 Å². The van der Waals surface area contributed by atoms with Crippen molar-refractivity contribution in [2.45, 2.75) is 31.9 Å². The summed E-state index contributed by atoms with van der Waals surface area (Å²) in [5.41, 5.74) is 7.37. The SMILES string of the molecule is CCN1CCCC1CNc1nc(Nc2ccc(OC)c(F)c2)nc(OC(CN)c2ccccc2)n1. The molecule has 9 nitrogen and oxygen atoms in total. The molecule has 2 unspecified atom stereocenters. The predicted molar refractivity (Wildman–Crippen MR) is 134 cm³/mol.